The van der Waals surface area contributed by atoms with Gasteiger partial charge in [0.05, 0.1) is 25.7 Å². The Hall–Kier alpha value is -0.650. The minimum Gasteiger partial charge on any atom is -0.469 e. The van der Waals surface area contributed by atoms with E-state index in [0.717, 1.165) is 6.42 Å². The first-order valence-corrected chi connectivity index (χ1v) is 6.53. The van der Waals surface area contributed by atoms with Gasteiger partial charge in [0.2, 0.25) is 0 Å². The smallest absolute Gasteiger partial charge is 0.313 e. The van der Waals surface area contributed by atoms with Crippen molar-refractivity contribution in [3.8, 4) is 0 Å². The molecular weight excluding hydrogens is 234 g/mol. The highest BCUT2D eigenvalue weighted by molar-refractivity contribution is 5.77. The van der Waals surface area contributed by atoms with Gasteiger partial charge < -0.3 is 19.9 Å². The van der Waals surface area contributed by atoms with E-state index in [4.69, 9.17) is 19.9 Å². The van der Waals surface area contributed by atoms with E-state index in [9.17, 15) is 4.79 Å². The Morgan fingerprint density at radius 3 is 2.50 bits per heavy atom. The molecule has 0 radical (unpaired) electrons. The topological polar surface area (TPSA) is 70.8 Å². The quantitative estimate of drug-likeness (QED) is 0.467. The van der Waals surface area contributed by atoms with Gasteiger partial charge in [0.25, 0.3) is 0 Å². The van der Waals surface area contributed by atoms with Gasteiger partial charge in [0.15, 0.2) is 0 Å². The van der Waals surface area contributed by atoms with Crippen LogP contribution < -0.4 is 5.73 Å². The summed E-state index contributed by atoms with van der Waals surface area (Å²) in [5.41, 5.74) is 5.25. The summed E-state index contributed by atoms with van der Waals surface area (Å²) in [4.78, 5) is 12.0. The van der Waals surface area contributed by atoms with Crippen molar-refractivity contribution < 1.29 is 19.0 Å². The molecule has 1 rings (SSSR count). The molecule has 0 bridgehead atoms. The molecule has 1 saturated carbocycles. The van der Waals surface area contributed by atoms with E-state index in [1.54, 1.807) is 7.11 Å². The molecule has 0 aromatic carbocycles. The monoisotopic (exact) mass is 259 g/mol. The SMILES string of the molecule is COCCOCCC(CN)(CC1CC1)C(=O)OC. The van der Waals surface area contributed by atoms with E-state index < -0.39 is 5.41 Å². The molecule has 0 amide bonds. The third-order valence-electron chi connectivity index (χ3n) is 3.54. The predicted molar refractivity (Wildman–Crippen MR) is 68.2 cm³/mol. The number of methoxy groups -OCH3 is 2. The van der Waals surface area contributed by atoms with Crippen LogP contribution in [0.3, 0.4) is 0 Å². The molecule has 0 heterocycles. The van der Waals surface area contributed by atoms with Crippen molar-refractivity contribution in [2.45, 2.75) is 25.7 Å². The van der Waals surface area contributed by atoms with Crippen molar-refractivity contribution >= 4 is 5.97 Å². The van der Waals surface area contributed by atoms with Gasteiger partial charge in [-0.05, 0) is 18.8 Å². The van der Waals surface area contributed by atoms with Crippen molar-refractivity contribution in [2.24, 2.45) is 17.1 Å². The largest absolute Gasteiger partial charge is 0.469 e. The number of ether oxygens (including phenoxy) is 3. The lowest BCUT2D eigenvalue weighted by molar-refractivity contribution is -0.154. The molecule has 0 aromatic heterocycles. The number of rotatable bonds is 10. The van der Waals surface area contributed by atoms with E-state index >= 15 is 0 Å². The normalized spacial score (nSPS) is 18.4. The van der Waals surface area contributed by atoms with Crippen LogP contribution in [-0.4, -0.2) is 46.6 Å². The Kier molecular flexibility index (Phi) is 6.60. The number of nitrogens with two attached hydrogens (primary N) is 1. The molecule has 1 fully saturated rings. The molecule has 1 unspecified atom stereocenters. The Balaban J connectivity index is 2.44. The molecule has 5 heteroatoms. The Bertz CT molecular complexity index is 255. The maximum Gasteiger partial charge on any atom is 0.313 e. The van der Waals surface area contributed by atoms with Crippen LogP contribution in [0, 0.1) is 11.3 Å². The van der Waals surface area contributed by atoms with Gasteiger partial charge in [0, 0.05) is 20.3 Å². The second kappa shape index (κ2) is 7.71. The zero-order valence-corrected chi connectivity index (χ0v) is 11.4. The molecular formula is C13H25NO4. The standard InChI is InChI=1S/C13H25NO4/c1-16-7-8-18-6-5-13(10-14,12(15)17-2)9-11-3-4-11/h11H,3-10,14H2,1-2H3. The molecule has 106 valence electrons. The molecule has 18 heavy (non-hydrogen) atoms. The lowest BCUT2D eigenvalue weighted by Crippen LogP contribution is -2.41. The second-order valence-electron chi connectivity index (χ2n) is 4.98. The Morgan fingerprint density at radius 1 is 1.28 bits per heavy atom. The number of hydrogen-bond donors (Lipinski definition) is 1. The van der Waals surface area contributed by atoms with E-state index in [1.165, 1.54) is 20.0 Å². The molecule has 1 aliphatic rings. The van der Waals surface area contributed by atoms with E-state index in [0.29, 0.717) is 38.7 Å². The highest BCUT2D eigenvalue weighted by Crippen LogP contribution is 2.42. The second-order valence-corrected chi connectivity index (χ2v) is 4.98. The van der Waals surface area contributed by atoms with Crippen molar-refractivity contribution in [1.82, 2.24) is 0 Å². The Morgan fingerprint density at radius 2 is 2.00 bits per heavy atom. The van der Waals surface area contributed by atoms with Gasteiger partial charge in [-0.2, -0.15) is 0 Å². The summed E-state index contributed by atoms with van der Waals surface area (Å²) in [6, 6.07) is 0. The van der Waals surface area contributed by atoms with Crippen LogP contribution in [0.5, 0.6) is 0 Å². The first kappa shape index (κ1) is 15.4. The van der Waals surface area contributed by atoms with Crippen LogP contribution in [-0.2, 0) is 19.0 Å². The summed E-state index contributed by atoms with van der Waals surface area (Å²) >= 11 is 0. The summed E-state index contributed by atoms with van der Waals surface area (Å²) < 4.78 is 15.3. The third kappa shape index (κ3) is 4.55. The molecule has 0 spiro atoms. The van der Waals surface area contributed by atoms with Gasteiger partial charge in [0.1, 0.15) is 0 Å². The summed E-state index contributed by atoms with van der Waals surface area (Å²) in [5.74, 6) is 0.430. The molecule has 5 nitrogen and oxygen atoms in total. The van der Waals surface area contributed by atoms with Crippen molar-refractivity contribution in [1.29, 1.82) is 0 Å². The lowest BCUT2D eigenvalue weighted by atomic mass is 9.79. The molecule has 0 aliphatic heterocycles. The summed E-state index contributed by atoms with van der Waals surface area (Å²) in [5, 5.41) is 0. The van der Waals surface area contributed by atoms with Crippen LogP contribution in [0.2, 0.25) is 0 Å². The first-order chi connectivity index (χ1) is 8.68. The van der Waals surface area contributed by atoms with Crippen molar-refractivity contribution in [3.63, 3.8) is 0 Å². The number of carbonyl (C=O) groups excluding carboxylic acids is 1. The van der Waals surface area contributed by atoms with Gasteiger partial charge in [-0.25, -0.2) is 0 Å². The summed E-state index contributed by atoms with van der Waals surface area (Å²) in [6.45, 7) is 1.95. The van der Waals surface area contributed by atoms with Crippen LogP contribution in [0.1, 0.15) is 25.7 Å². The molecule has 2 N–H and O–H groups in total. The molecule has 0 aromatic rings. The Labute approximate surface area is 109 Å². The first-order valence-electron chi connectivity index (χ1n) is 6.53. The van der Waals surface area contributed by atoms with Crippen LogP contribution in [0.4, 0.5) is 0 Å². The summed E-state index contributed by atoms with van der Waals surface area (Å²) in [6.07, 6.45) is 3.84. The zero-order valence-electron chi connectivity index (χ0n) is 11.4. The van der Waals surface area contributed by atoms with Gasteiger partial charge in [-0.3, -0.25) is 4.79 Å². The minimum absolute atomic E-state index is 0.202. The zero-order chi connectivity index (χ0) is 13.4. The van der Waals surface area contributed by atoms with E-state index in [2.05, 4.69) is 0 Å². The lowest BCUT2D eigenvalue weighted by Gasteiger charge is -2.29. The maximum atomic E-state index is 12.0. The fourth-order valence-corrected chi connectivity index (χ4v) is 2.16. The van der Waals surface area contributed by atoms with Crippen LogP contribution >= 0.6 is 0 Å². The summed E-state index contributed by atoms with van der Waals surface area (Å²) in [7, 11) is 3.06. The third-order valence-corrected chi connectivity index (χ3v) is 3.54. The van der Waals surface area contributed by atoms with Crippen LogP contribution in [0.15, 0.2) is 0 Å². The average Bonchev–Trinajstić information content (AvgIpc) is 3.20. The van der Waals surface area contributed by atoms with E-state index in [1.807, 2.05) is 0 Å². The fraction of sp³-hybridized carbons (Fsp3) is 0.923. The maximum absolute atomic E-state index is 12.0. The van der Waals surface area contributed by atoms with Crippen molar-refractivity contribution in [2.75, 3.05) is 40.6 Å². The van der Waals surface area contributed by atoms with Gasteiger partial charge in [-0.15, -0.1) is 0 Å². The molecule has 1 aliphatic carbocycles. The fourth-order valence-electron chi connectivity index (χ4n) is 2.16. The van der Waals surface area contributed by atoms with E-state index in [-0.39, 0.29) is 5.97 Å². The molecule has 1 atom stereocenters. The predicted octanol–water partition coefficient (Wildman–Crippen LogP) is 0.958. The number of carbonyl (C=O) groups is 1. The average molecular weight is 259 g/mol. The highest BCUT2D eigenvalue weighted by Gasteiger charge is 2.42. The van der Waals surface area contributed by atoms with Gasteiger partial charge >= 0.3 is 5.97 Å². The minimum atomic E-state index is -0.566. The van der Waals surface area contributed by atoms with Crippen molar-refractivity contribution in [3.05, 3.63) is 0 Å². The number of esters is 1. The van der Waals surface area contributed by atoms with Crippen LogP contribution in [0.25, 0.3) is 0 Å². The van der Waals surface area contributed by atoms with Gasteiger partial charge in [-0.1, -0.05) is 12.8 Å². The highest BCUT2D eigenvalue weighted by atomic mass is 16.5. The number of hydrogen-bond acceptors (Lipinski definition) is 5. The molecule has 0 saturated heterocycles.